The van der Waals surface area contributed by atoms with Crippen molar-refractivity contribution in [3.05, 3.63) is 11.1 Å². The molecule has 2 atom stereocenters. The van der Waals surface area contributed by atoms with Gasteiger partial charge >= 0.3 is 5.97 Å². The van der Waals surface area contributed by atoms with Crippen molar-refractivity contribution in [1.29, 1.82) is 0 Å². The lowest BCUT2D eigenvalue weighted by atomic mass is 10.1. The zero-order valence-electron chi connectivity index (χ0n) is 7.55. The zero-order chi connectivity index (χ0) is 10.2. The van der Waals surface area contributed by atoms with Gasteiger partial charge in [-0.2, -0.15) is 0 Å². The number of carbonyl (C=O) groups is 1. The van der Waals surface area contributed by atoms with Gasteiger partial charge in [0.2, 0.25) is 0 Å². The number of alkyl halides is 1. The van der Waals surface area contributed by atoms with Crippen LogP contribution in [0.25, 0.3) is 0 Å². The molecule has 0 bridgehead atoms. The maximum Gasteiger partial charge on any atom is 0.307 e. The van der Waals surface area contributed by atoms with Gasteiger partial charge < -0.3 is 5.11 Å². The maximum absolute atomic E-state index is 10.8. The van der Waals surface area contributed by atoms with E-state index in [2.05, 4.69) is 0 Å². The first kappa shape index (κ1) is 10.9. The second kappa shape index (κ2) is 3.50. The molecule has 1 fully saturated rings. The highest BCUT2D eigenvalue weighted by Gasteiger charge is 2.60. The molecule has 1 rings (SSSR count). The van der Waals surface area contributed by atoms with Gasteiger partial charge in [-0.05, 0) is 11.3 Å². The highest BCUT2D eigenvalue weighted by molar-refractivity contribution is 6.35. The summed E-state index contributed by atoms with van der Waals surface area (Å²) in [6, 6.07) is 0. The lowest BCUT2D eigenvalue weighted by Crippen LogP contribution is -2.03. The Balaban J connectivity index is 2.71. The molecule has 0 heterocycles. The standard InChI is InChI=1S/C9H12Cl2O2/c1-9(2)6(3-5(11)4-10)7(9)8(12)13/h3,6-7H,4H2,1-2H3,(H,12,13)/b5-3-/t6?,7-/m0/s1. The molecule has 1 N–H and O–H groups in total. The van der Waals surface area contributed by atoms with Crippen molar-refractivity contribution >= 4 is 29.2 Å². The first-order chi connectivity index (χ1) is 5.91. The molecule has 0 aromatic heterocycles. The first-order valence-corrected chi connectivity index (χ1v) is 4.97. The smallest absolute Gasteiger partial charge is 0.307 e. The van der Waals surface area contributed by atoms with Crippen LogP contribution in [0.1, 0.15) is 13.8 Å². The maximum atomic E-state index is 10.8. The Hall–Kier alpha value is -0.210. The van der Waals surface area contributed by atoms with Gasteiger partial charge in [0.05, 0.1) is 11.8 Å². The summed E-state index contributed by atoms with van der Waals surface area (Å²) in [6.07, 6.45) is 1.76. The zero-order valence-corrected chi connectivity index (χ0v) is 9.06. The number of hydrogen-bond donors (Lipinski definition) is 1. The third-order valence-corrected chi connectivity index (χ3v) is 3.35. The Labute approximate surface area is 87.5 Å². The summed E-state index contributed by atoms with van der Waals surface area (Å²) >= 11 is 11.2. The third-order valence-electron chi connectivity index (χ3n) is 2.66. The Morgan fingerprint density at radius 3 is 2.46 bits per heavy atom. The largest absolute Gasteiger partial charge is 0.481 e. The van der Waals surface area contributed by atoms with Crippen LogP contribution in [0.3, 0.4) is 0 Å². The van der Waals surface area contributed by atoms with Crippen LogP contribution in [0, 0.1) is 17.3 Å². The molecule has 0 spiro atoms. The van der Waals surface area contributed by atoms with E-state index in [0.29, 0.717) is 5.03 Å². The van der Waals surface area contributed by atoms with Crippen molar-refractivity contribution in [3.63, 3.8) is 0 Å². The topological polar surface area (TPSA) is 37.3 Å². The monoisotopic (exact) mass is 222 g/mol. The molecule has 13 heavy (non-hydrogen) atoms. The fraction of sp³-hybridized carbons (Fsp3) is 0.667. The van der Waals surface area contributed by atoms with Crippen LogP contribution in [0.2, 0.25) is 0 Å². The minimum atomic E-state index is -0.759. The van der Waals surface area contributed by atoms with Crippen LogP contribution in [-0.4, -0.2) is 17.0 Å². The van der Waals surface area contributed by atoms with Crippen LogP contribution >= 0.6 is 23.2 Å². The quantitative estimate of drug-likeness (QED) is 0.747. The number of halogens is 2. The van der Waals surface area contributed by atoms with Crippen LogP contribution in [0.4, 0.5) is 0 Å². The van der Waals surface area contributed by atoms with Crippen molar-refractivity contribution in [1.82, 2.24) is 0 Å². The summed E-state index contributed by atoms with van der Waals surface area (Å²) in [7, 11) is 0. The molecule has 4 heteroatoms. The molecular weight excluding hydrogens is 211 g/mol. The van der Waals surface area contributed by atoms with E-state index in [-0.39, 0.29) is 23.1 Å². The molecule has 0 aromatic rings. The van der Waals surface area contributed by atoms with Gasteiger partial charge in [-0.15, -0.1) is 11.6 Å². The van der Waals surface area contributed by atoms with Crippen LogP contribution in [0.5, 0.6) is 0 Å². The van der Waals surface area contributed by atoms with Crippen molar-refractivity contribution in [2.24, 2.45) is 17.3 Å². The lowest BCUT2D eigenvalue weighted by Gasteiger charge is -1.97. The molecule has 0 amide bonds. The second-order valence-electron chi connectivity index (χ2n) is 3.91. The van der Waals surface area contributed by atoms with Gasteiger partial charge in [0.25, 0.3) is 0 Å². The second-order valence-corrected chi connectivity index (χ2v) is 4.66. The number of aliphatic carboxylic acids is 1. The van der Waals surface area contributed by atoms with Crippen LogP contribution in [0.15, 0.2) is 11.1 Å². The third kappa shape index (κ3) is 2.00. The van der Waals surface area contributed by atoms with E-state index in [4.69, 9.17) is 28.3 Å². The number of carboxylic acids is 1. The molecule has 0 radical (unpaired) electrons. The molecule has 0 aliphatic heterocycles. The molecule has 2 nitrogen and oxygen atoms in total. The van der Waals surface area contributed by atoms with Crippen LogP contribution in [-0.2, 0) is 4.79 Å². The Morgan fingerprint density at radius 1 is 1.62 bits per heavy atom. The minimum absolute atomic E-state index is 0.0243. The number of carboxylic acid groups (broad SMARTS) is 1. The van der Waals surface area contributed by atoms with Gasteiger partial charge in [0.15, 0.2) is 0 Å². The molecule has 1 unspecified atom stereocenters. The van der Waals surface area contributed by atoms with E-state index in [1.165, 1.54) is 0 Å². The molecule has 0 saturated heterocycles. The first-order valence-electron chi connectivity index (χ1n) is 4.06. The summed E-state index contributed by atoms with van der Waals surface area (Å²) in [6.45, 7) is 3.84. The fourth-order valence-corrected chi connectivity index (χ4v) is 1.92. The van der Waals surface area contributed by atoms with Gasteiger partial charge in [-0.1, -0.05) is 31.5 Å². The van der Waals surface area contributed by atoms with E-state index < -0.39 is 5.97 Å². The van der Waals surface area contributed by atoms with Crippen LogP contribution < -0.4 is 0 Å². The lowest BCUT2D eigenvalue weighted by molar-refractivity contribution is -0.139. The van der Waals surface area contributed by atoms with E-state index in [0.717, 1.165) is 0 Å². The summed E-state index contributed by atoms with van der Waals surface area (Å²) in [5, 5.41) is 9.37. The highest BCUT2D eigenvalue weighted by Crippen LogP contribution is 2.59. The van der Waals surface area contributed by atoms with Crippen molar-refractivity contribution in [2.45, 2.75) is 13.8 Å². The van der Waals surface area contributed by atoms with Crippen molar-refractivity contribution in [2.75, 3.05) is 5.88 Å². The van der Waals surface area contributed by atoms with E-state index in [1.54, 1.807) is 6.08 Å². The molecule has 1 aliphatic carbocycles. The molecule has 1 saturated carbocycles. The average Bonchev–Trinajstić information content (AvgIpc) is 2.53. The van der Waals surface area contributed by atoms with Crippen molar-refractivity contribution < 1.29 is 9.90 Å². The Morgan fingerprint density at radius 2 is 2.15 bits per heavy atom. The molecule has 1 aliphatic rings. The molecule has 74 valence electrons. The normalized spacial score (nSPS) is 31.5. The van der Waals surface area contributed by atoms with Gasteiger partial charge in [0, 0.05) is 5.03 Å². The number of hydrogen-bond acceptors (Lipinski definition) is 1. The summed E-state index contributed by atoms with van der Waals surface area (Å²) in [5.41, 5.74) is -0.183. The Kier molecular flexibility index (Phi) is 2.93. The summed E-state index contributed by atoms with van der Waals surface area (Å²) in [5.74, 6) is -0.800. The van der Waals surface area contributed by atoms with E-state index in [1.807, 2.05) is 13.8 Å². The number of rotatable bonds is 3. The summed E-state index contributed by atoms with van der Waals surface area (Å²) < 4.78 is 0. The fourth-order valence-electron chi connectivity index (χ4n) is 1.70. The van der Waals surface area contributed by atoms with E-state index >= 15 is 0 Å². The van der Waals surface area contributed by atoms with Gasteiger partial charge in [-0.25, -0.2) is 0 Å². The SMILES string of the molecule is CC1(C)C(/C=C(\Cl)CCl)[C@H]1C(=O)O. The molecular formula is C9H12Cl2O2. The summed E-state index contributed by atoms with van der Waals surface area (Å²) in [4.78, 5) is 10.8. The minimum Gasteiger partial charge on any atom is -0.481 e. The average molecular weight is 223 g/mol. The van der Waals surface area contributed by atoms with Crippen molar-refractivity contribution in [3.8, 4) is 0 Å². The van der Waals surface area contributed by atoms with Gasteiger partial charge in [0.1, 0.15) is 0 Å². The predicted octanol–water partition coefficient (Wildman–Crippen LogP) is 2.70. The van der Waals surface area contributed by atoms with E-state index in [9.17, 15) is 4.79 Å². The highest BCUT2D eigenvalue weighted by atomic mass is 35.5. The van der Waals surface area contributed by atoms with Gasteiger partial charge in [-0.3, -0.25) is 4.79 Å². The molecule has 0 aromatic carbocycles. The number of allylic oxidation sites excluding steroid dienone is 2. The Bertz CT molecular complexity index is 258. The predicted molar refractivity (Wildman–Crippen MR) is 53.1 cm³/mol.